The summed E-state index contributed by atoms with van der Waals surface area (Å²) < 4.78 is 22.6. The van der Waals surface area contributed by atoms with E-state index in [4.69, 9.17) is 0 Å². The summed E-state index contributed by atoms with van der Waals surface area (Å²) in [4.78, 5) is 15.9. The van der Waals surface area contributed by atoms with Crippen molar-refractivity contribution in [2.24, 2.45) is 0 Å². The average Bonchev–Trinajstić information content (AvgIpc) is 2.68. The third-order valence-corrected chi connectivity index (χ3v) is 4.67. The molecule has 1 aromatic rings. The van der Waals surface area contributed by atoms with Crippen molar-refractivity contribution >= 4 is 21.4 Å². The number of pyridine rings is 1. The van der Waals surface area contributed by atoms with Crippen molar-refractivity contribution in [2.45, 2.75) is 12.5 Å². The Labute approximate surface area is 106 Å². The smallest absolute Gasteiger partial charge is 0.255 e. The Morgan fingerprint density at radius 1 is 1.50 bits per heavy atom. The molecule has 1 aromatic heterocycles. The van der Waals surface area contributed by atoms with E-state index in [1.807, 2.05) is 0 Å². The Balaban J connectivity index is 2.09. The molecule has 2 heterocycles. The van der Waals surface area contributed by atoms with Gasteiger partial charge in [0.2, 0.25) is 0 Å². The van der Waals surface area contributed by atoms with Crippen LogP contribution in [0.4, 0.5) is 5.69 Å². The zero-order valence-corrected chi connectivity index (χ0v) is 10.8. The van der Waals surface area contributed by atoms with Crippen molar-refractivity contribution in [1.29, 1.82) is 0 Å². The number of rotatable bonds is 3. The van der Waals surface area contributed by atoms with Crippen LogP contribution < -0.4 is 10.6 Å². The van der Waals surface area contributed by atoms with Gasteiger partial charge in [-0.3, -0.25) is 9.78 Å². The molecule has 0 bridgehead atoms. The van der Waals surface area contributed by atoms with Gasteiger partial charge in [-0.15, -0.1) is 0 Å². The molecule has 1 unspecified atom stereocenters. The lowest BCUT2D eigenvalue weighted by Gasteiger charge is -2.12. The molecule has 0 aliphatic carbocycles. The van der Waals surface area contributed by atoms with Crippen LogP contribution in [0.3, 0.4) is 0 Å². The monoisotopic (exact) mass is 269 g/mol. The number of anilines is 1. The van der Waals surface area contributed by atoms with Gasteiger partial charge in [-0.25, -0.2) is 8.42 Å². The van der Waals surface area contributed by atoms with Crippen LogP contribution in [0, 0.1) is 0 Å². The summed E-state index contributed by atoms with van der Waals surface area (Å²) in [5.74, 6) is -0.132. The number of carbonyl (C=O) groups is 1. The molecule has 2 rings (SSSR count). The number of nitrogens with zero attached hydrogens (tertiary/aromatic N) is 1. The molecule has 7 heteroatoms. The van der Waals surface area contributed by atoms with Crippen LogP contribution in [0.2, 0.25) is 0 Å². The minimum Gasteiger partial charge on any atom is -0.387 e. The Morgan fingerprint density at radius 2 is 2.28 bits per heavy atom. The average molecular weight is 269 g/mol. The zero-order valence-electron chi connectivity index (χ0n) is 10.0. The fourth-order valence-corrected chi connectivity index (χ4v) is 3.64. The van der Waals surface area contributed by atoms with Crippen molar-refractivity contribution in [3.05, 3.63) is 24.0 Å². The molecular weight excluding hydrogens is 254 g/mol. The lowest BCUT2D eigenvalue weighted by molar-refractivity contribution is 0.0941. The number of aromatic nitrogens is 1. The molecule has 18 heavy (non-hydrogen) atoms. The first-order valence-corrected chi connectivity index (χ1v) is 7.47. The Hall–Kier alpha value is -1.63. The summed E-state index contributed by atoms with van der Waals surface area (Å²) in [6.07, 6.45) is 3.52. The minimum absolute atomic E-state index is 0.0217. The SMILES string of the molecule is CNc1ccncc1C(=O)NC1CCS(=O)(=O)C1. The van der Waals surface area contributed by atoms with Crippen LogP contribution in [-0.2, 0) is 9.84 Å². The summed E-state index contributed by atoms with van der Waals surface area (Å²) in [6, 6.07) is 1.40. The van der Waals surface area contributed by atoms with Crippen molar-refractivity contribution in [1.82, 2.24) is 10.3 Å². The molecule has 0 radical (unpaired) electrons. The molecule has 0 aromatic carbocycles. The summed E-state index contributed by atoms with van der Waals surface area (Å²) >= 11 is 0. The molecule has 2 N–H and O–H groups in total. The van der Waals surface area contributed by atoms with Crippen LogP contribution in [0.15, 0.2) is 18.5 Å². The molecule has 1 amide bonds. The van der Waals surface area contributed by atoms with Gasteiger partial charge >= 0.3 is 0 Å². The van der Waals surface area contributed by atoms with Crippen LogP contribution in [0.5, 0.6) is 0 Å². The van der Waals surface area contributed by atoms with Gasteiger partial charge in [0.1, 0.15) is 0 Å². The lowest BCUT2D eigenvalue weighted by atomic mass is 10.2. The Morgan fingerprint density at radius 3 is 2.89 bits per heavy atom. The van der Waals surface area contributed by atoms with E-state index >= 15 is 0 Å². The first-order chi connectivity index (χ1) is 8.52. The van der Waals surface area contributed by atoms with Crippen LogP contribution in [0.25, 0.3) is 0 Å². The lowest BCUT2D eigenvalue weighted by Crippen LogP contribution is -2.35. The third-order valence-electron chi connectivity index (χ3n) is 2.90. The molecule has 1 aliphatic heterocycles. The number of nitrogens with one attached hydrogen (secondary N) is 2. The van der Waals surface area contributed by atoms with Gasteiger partial charge in [-0.05, 0) is 12.5 Å². The summed E-state index contributed by atoms with van der Waals surface area (Å²) in [6.45, 7) is 0. The van der Waals surface area contributed by atoms with E-state index < -0.39 is 9.84 Å². The molecule has 1 aliphatic rings. The predicted molar refractivity (Wildman–Crippen MR) is 68.3 cm³/mol. The predicted octanol–water partition coefficient (Wildman–Crippen LogP) is 0.0402. The van der Waals surface area contributed by atoms with Crippen molar-refractivity contribution in [3.63, 3.8) is 0 Å². The Kier molecular flexibility index (Phi) is 3.51. The molecule has 1 fully saturated rings. The molecule has 0 spiro atoms. The second-order valence-corrected chi connectivity index (χ2v) is 6.47. The maximum absolute atomic E-state index is 12.0. The van der Waals surface area contributed by atoms with Crippen LogP contribution in [0.1, 0.15) is 16.8 Å². The second kappa shape index (κ2) is 4.93. The van der Waals surface area contributed by atoms with Crippen molar-refractivity contribution in [2.75, 3.05) is 23.9 Å². The summed E-state index contributed by atoms with van der Waals surface area (Å²) in [7, 11) is -1.27. The standard InChI is InChI=1S/C11H15N3O3S/c1-12-10-2-4-13-6-9(10)11(15)14-8-3-5-18(16,17)7-8/h2,4,6,8H,3,5,7H2,1H3,(H,12,13)(H,14,15). The van der Waals surface area contributed by atoms with Crippen LogP contribution in [-0.4, -0.2) is 43.9 Å². The van der Waals surface area contributed by atoms with E-state index in [2.05, 4.69) is 15.6 Å². The second-order valence-electron chi connectivity index (χ2n) is 4.24. The fourth-order valence-electron chi connectivity index (χ4n) is 1.97. The number of carbonyl (C=O) groups excluding carboxylic acids is 1. The molecule has 0 saturated carbocycles. The molecule has 1 atom stereocenters. The largest absolute Gasteiger partial charge is 0.387 e. The number of amides is 1. The summed E-state index contributed by atoms with van der Waals surface area (Å²) in [5.41, 5.74) is 1.09. The van der Waals surface area contributed by atoms with Crippen LogP contribution >= 0.6 is 0 Å². The number of sulfone groups is 1. The molecule has 1 saturated heterocycles. The fraction of sp³-hybridized carbons (Fsp3) is 0.455. The highest BCUT2D eigenvalue weighted by Crippen LogP contribution is 2.15. The zero-order chi connectivity index (χ0) is 13.2. The van der Waals surface area contributed by atoms with Crippen molar-refractivity contribution < 1.29 is 13.2 Å². The maximum Gasteiger partial charge on any atom is 0.255 e. The van der Waals surface area contributed by atoms with Gasteiger partial charge in [0.25, 0.3) is 5.91 Å². The Bertz CT molecular complexity index is 556. The van der Waals surface area contributed by atoms with E-state index in [1.165, 1.54) is 6.20 Å². The maximum atomic E-state index is 12.0. The third kappa shape index (κ3) is 2.79. The topological polar surface area (TPSA) is 88.2 Å². The summed E-state index contributed by atoms with van der Waals surface area (Å²) in [5, 5.41) is 5.63. The number of hydrogen-bond donors (Lipinski definition) is 2. The van der Waals surface area contributed by atoms with E-state index in [0.29, 0.717) is 17.7 Å². The minimum atomic E-state index is -2.98. The normalized spacial score (nSPS) is 21.5. The van der Waals surface area contributed by atoms with Crippen molar-refractivity contribution in [3.8, 4) is 0 Å². The van der Waals surface area contributed by atoms with Gasteiger partial charge < -0.3 is 10.6 Å². The van der Waals surface area contributed by atoms with Gasteiger partial charge in [-0.2, -0.15) is 0 Å². The van der Waals surface area contributed by atoms with Gasteiger partial charge in [0.05, 0.1) is 17.1 Å². The highest BCUT2D eigenvalue weighted by Gasteiger charge is 2.29. The first-order valence-electron chi connectivity index (χ1n) is 5.65. The first kappa shape index (κ1) is 12.8. The van der Waals surface area contributed by atoms with E-state index in [0.717, 1.165) is 0 Å². The van der Waals surface area contributed by atoms with Gasteiger partial charge in [0.15, 0.2) is 9.84 Å². The molecule has 6 nitrogen and oxygen atoms in total. The van der Waals surface area contributed by atoms with E-state index in [9.17, 15) is 13.2 Å². The van der Waals surface area contributed by atoms with E-state index in [1.54, 1.807) is 19.3 Å². The number of hydrogen-bond acceptors (Lipinski definition) is 5. The van der Waals surface area contributed by atoms with E-state index in [-0.39, 0.29) is 23.5 Å². The highest BCUT2D eigenvalue weighted by atomic mass is 32.2. The quantitative estimate of drug-likeness (QED) is 0.809. The van der Waals surface area contributed by atoms with Gasteiger partial charge in [-0.1, -0.05) is 0 Å². The molecule has 98 valence electrons. The van der Waals surface area contributed by atoms with Gasteiger partial charge in [0, 0.05) is 31.2 Å². The highest BCUT2D eigenvalue weighted by molar-refractivity contribution is 7.91. The molecular formula is C11H15N3O3S.